The molecule has 0 radical (unpaired) electrons. The lowest BCUT2D eigenvalue weighted by molar-refractivity contribution is -0.120. The second-order valence-corrected chi connectivity index (χ2v) is 8.82. The van der Waals surface area contributed by atoms with Gasteiger partial charge in [0.1, 0.15) is 11.4 Å². The van der Waals surface area contributed by atoms with E-state index in [9.17, 15) is 9.59 Å². The van der Waals surface area contributed by atoms with E-state index in [1.807, 2.05) is 68.3 Å². The summed E-state index contributed by atoms with van der Waals surface area (Å²) < 4.78 is 5.94. The van der Waals surface area contributed by atoms with Gasteiger partial charge < -0.3 is 14.5 Å². The number of carbonyl (C=O) groups is 2. The van der Waals surface area contributed by atoms with Crippen LogP contribution in [0.4, 0.5) is 5.69 Å². The van der Waals surface area contributed by atoms with Gasteiger partial charge in [0.05, 0.1) is 17.4 Å². The van der Waals surface area contributed by atoms with Gasteiger partial charge in [-0.3, -0.25) is 9.59 Å². The average molecular weight is 434 g/mol. The highest BCUT2D eigenvalue weighted by molar-refractivity contribution is 6.45. The molecule has 2 aliphatic rings. The van der Waals surface area contributed by atoms with Crippen molar-refractivity contribution in [2.24, 2.45) is 0 Å². The highest BCUT2D eigenvalue weighted by Crippen LogP contribution is 2.39. The number of imide groups is 1. The van der Waals surface area contributed by atoms with Crippen LogP contribution in [0.2, 0.25) is 0 Å². The summed E-state index contributed by atoms with van der Waals surface area (Å²) in [4.78, 5) is 33.2. The Bertz CT molecular complexity index is 1020. The van der Waals surface area contributed by atoms with Crippen LogP contribution in [0.15, 0.2) is 60.3 Å². The van der Waals surface area contributed by atoms with E-state index < -0.39 is 0 Å². The van der Waals surface area contributed by atoms with Crippen LogP contribution in [0, 0.1) is 0 Å². The molecule has 0 aromatic heterocycles. The number of likely N-dealkylation sites (N-methyl/N-ethyl adjacent to an activating group) is 1. The van der Waals surface area contributed by atoms with Crippen LogP contribution >= 0.6 is 0 Å². The molecular weight excluding hydrogens is 402 g/mol. The largest absolute Gasteiger partial charge is 0.489 e. The van der Waals surface area contributed by atoms with Gasteiger partial charge in [-0.05, 0) is 64.5 Å². The molecule has 0 atom stereocenters. The molecule has 6 nitrogen and oxygen atoms in total. The Morgan fingerprint density at radius 3 is 2.22 bits per heavy atom. The van der Waals surface area contributed by atoms with E-state index in [1.165, 1.54) is 4.90 Å². The minimum absolute atomic E-state index is 0.0770. The molecule has 0 saturated carbocycles. The number of hydrogen-bond acceptors (Lipinski definition) is 5. The van der Waals surface area contributed by atoms with E-state index in [-0.39, 0.29) is 24.0 Å². The summed E-state index contributed by atoms with van der Waals surface area (Å²) in [6, 6.07) is 16.9. The SMILES string of the molecule is CC(C)Oc1ccccc1N1C(=O)C(c2ccccc2)=C(N(C)C2CCN(C)CC2)C1=O. The van der Waals surface area contributed by atoms with E-state index >= 15 is 0 Å². The Balaban J connectivity index is 1.78. The molecule has 0 unspecified atom stereocenters. The van der Waals surface area contributed by atoms with Gasteiger partial charge in [0, 0.05) is 13.1 Å². The van der Waals surface area contributed by atoms with Crippen molar-refractivity contribution in [1.29, 1.82) is 0 Å². The number of rotatable bonds is 6. The maximum absolute atomic E-state index is 13.8. The van der Waals surface area contributed by atoms with Crippen LogP contribution in [0.25, 0.3) is 5.57 Å². The van der Waals surface area contributed by atoms with Gasteiger partial charge in [0.2, 0.25) is 0 Å². The third-order valence-electron chi connectivity index (χ3n) is 6.18. The number of carbonyl (C=O) groups excluding carboxylic acids is 2. The van der Waals surface area contributed by atoms with Gasteiger partial charge in [0.15, 0.2) is 0 Å². The Morgan fingerprint density at radius 2 is 1.56 bits per heavy atom. The predicted octanol–water partition coefficient (Wildman–Crippen LogP) is 3.78. The molecule has 2 aromatic rings. The molecule has 1 saturated heterocycles. The predicted molar refractivity (Wildman–Crippen MR) is 126 cm³/mol. The minimum atomic E-state index is -0.309. The number of amides is 2. The first-order valence-corrected chi connectivity index (χ1v) is 11.2. The van der Waals surface area contributed by atoms with Gasteiger partial charge in [-0.25, -0.2) is 4.90 Å². The first-order valence-electron chi connectivity index (χ1n) is 11.2. The molecule has 4 rings (SSSR count). The highest BCUT2D eigenvalue weighted by Gasteiger charge is 2.44. The van der Waals surface area contributed by atoms with Crippen molar-refractivity contribution in [3.63, 3.8) is 0 Å². The van der Waals surface area contributed by atoms with Gasteiger partial charge in [-0.1, -0.05) is 42.5 Å². The van der Waals surface area contributed by atoms with E-state index in [4.69, 9.17) is 4.74 Å². The summed E-state index contributed by atoms with van der Waals surface area (Å²) in [6.07, 6.45) is 1.83. The van der Waals surface area contributed by atoms with Crippen LogP contribution in [0.3, 0.4) is 0 Å². The average Bonchev–Trinajstić information content (AvgIpc) is 3.04. The molecule has 0 bridgehead atoms. The Kier molecular flexibility index (Phi) is 6.33. The number of piperidine rings is 1. The van der Waals surface area contributed by atoms with Crippen molar-refractivity contribution in [2.75, 3.05) is 32.1 Å². The number of anilines is 1. The fourth-order valence-electron chi connectivity index (χ4n) is 4.49. The van der Waals surface area contributed by atoms with Gasteiger partial charge in [0.25, 0.3) is 11.8 Å². The maximum atomic E-state index is 13.8. The standard InChI is InChI=1S/C26H31N3O3/c1-18(2)32-22-13-9-8-12-21(22)29-25(30)23(19-10-6-5-7-11-19)24(26(29)31)28(4)20-14-16-27(3)17-15-20/h5-13,18,20H,14-17H2,1-4H3. The van der Waals surface area contributed by atoms with Crippen LogP contribution in [-0.2, 0) is 9.59 Å². The summed E-state index contributed by atoms with van der Waals surface area (Å²) in [6.45, 7) is 5.80. The molecule has 168 valence electrons. The molecular formula is C26H31N3O3. The summed E-state index contributed by atoms with van der Waals surface area (Å²) in [5.74, 6) is -0.0781. The van der Waals surface area contributed by atoms with Crippen LogP contribution in [0.1, 0.15) is 32.3 Å². The number of hydrogen-bond donors (Lipinski definition) is 0. The summed E-state index contributed by atoms with van der Waals surface area (Å²) in [5.41, 5.74) is 2.16. The van der Waals surface area contributed by atoms with E-state index in [2.05, 4.69) is 11.9 Å². The minimum Gasteiger partial charge on any atom is -0.489 e. The van der Waals surface area contributed by atoms with Crippen LogP contribution in [0.5, 0.6) is 5.75 Å². The number of ether oxygens (including phenoxy) is 1. The van der Waals surface area contributed by atoms with Crippen LogP contribution < -0.4 is 9.64 Å². The van der Waals surface area contributed by atoms with Gasteiger partial charge in [-0.2, -0.15) is 0 Å². The zero-order valence-corrected chi connectivity index (χ0v) is 19.2. The number of benzene rings is 2. The molecule has 0 spiro atoms. The fraction of sp³-hybridized carbons (Fsp3) is 0.385. The lowest BCUT2D eigenvalue weighted by atomic mass is 10.0. The molecule has 1 fully saturated rings. The van der Waals surface area contributed by atoms with Crippen molar-refractivity contribution < 1.29 is 14.3 Å². The first-order chi connectivity index (χ1) is 15.4. The number of para-hydroxylation sites is 2. The van der Waals surface area contributed by atoms with E-state index in [0.29, 0.717) is 22.7 Å². The summed E-state index contributed by atoms with van der Waals surface area (Å²) >= 11 is 0. The monoisotopic (exact) mass is 433 g/mol. The molecule has 2 aliphatic heterocycles. The summed E-state index contributed by atoms with van der Waals surface area (Å²) in [7, 11) is 4.06. The number of nitrogens with zero attached hydrogens (tertiary/aromatic N) is 3. The van der Waals surface area contributed by atoms with Crippen LogP contribution in [-0.4, -0.2) is 60.9 Å². The maximum Gasteiger partial charge on any atom is 0.282 e. The first kappa shape index (κ1) is 22.1. The Hall–Kier alpha value is -3.12. The second-order valence-electron chi connectivity index (χ2n) is 8.82. The fourth-order valence-corrected chi connectivity index (χ4v) is 4.49. The van der Waals surface area contributed by atoms with Crippen molar-refractivity contribution in [1.82, 2.24) is 9.80 Å². The lowest BCUT2D eigenvalue weighted by Crippen LogP contribution is -2.43. The summed E-state index contributed by atoms with van der Waals surface area (Å²) in [5, 5.41) is 0. The molecule has 0 aliphatic carbocycles. The Morgan fingerprint density at radius 1 is 0.938 bits per heavy atom. The molecule has 0 N–H and O–H groups in total. The van der Waals surface area contributed by atoms with Crippen molar-refractivity contribution in [3.05, 3.63) is 65.9 Å². The van der Waals surface area contributed by atoms with Crippen molar-refractivity contribution >= 4 is 23.1 Å². The molecule has 6 heteroatoms. The van der Waals surface area contributed by atoms with E-state index in [1.54, 1.807) is 12.1 Å². The topological polar surface area (TPSA) is 53.1 Å². The lowest BCUT2D eigenvalue weighted by Gasteiger charge is -2.36. The number of likely N-dealkylation sites (tertiary alicyclic amines) is 1. The second kappa shape index (κ2) is 9.17. The third kappa shape index (κ3) is 4.15. The smallest absolute Gasteiger partial charge is 0.282 e. The molecule has 2 heterocycles. The normalized spacial score (nSPS) is 18.1. The van der Waals surface area contributed by atoms with Crippen molar-refractivity contribution in [2.45, 2.75) is 38.8 Å². The third-order valence-corrected chi connectivity index (χ3v) is 6.18. The molecule has 2 amide bonds. The van der Waals surface area contributed by atoms with Gasteiger partial charge >= 0.3 is 0 Å². The van der Waals surface area contributed by atoms with Gasteiger partial charge in [-0.15, -0.1) is 0 Å². The molecule has 32 heavy (non-hydrogen) atoms. The Labute approximate surface area is 190 Å². The highest BCUT2D eigenvalue weighted by atomic mass is 16.5. The van der Waals surface area contributed by atoms with Crippen molar-refractivity contribution in [3.8, 4) is 5.75 Å². The van der Waals surface area contributed by atoms with E-state index in [0.717, 1.165) is 31.5 Å². The molecule has 2 aromatic carbocycles. The quantitative estimate of drug-likeness (QED) is 0.649. The zero-order chi connectivity index (χ0) is 22.8. The zero-order valence-electron chi connectivity index (χ0n) is 19.2.